The lowest BCUT2D eigenvalue weighted by Crippen LogP contribution is -2.56. The molecule has 31 heavy (non-hydrogen) atoms. The van der Waals surface area contributed by atoms with Gasteiger partial charge in [0.25, 0.3) is 0 Å². The number of rotatable bonds is 6. The number of piperazine rings is 1. The maximum Gasteiger partial charge on any atom is 0.237 e. The van der Waals surface area contributed by atoms with Gasteiger partial charge in [-0.15, -0.1) is 0 Å². The largest absolute Gasteiger partial charge is 0.353 e. The van der Waals surface area contributed by atoms with E-state index in [1.807, 2.05) is 9.80 Å². The van der Waals surface area contributed by atoms with Crippen molar-refractivity contribution in [3.63, 3.8) is 0 Å². The Kier molecular flexibility index (Phi) is 6.90. The van der Waals surface area contributed by atoms with E-state index in [-0.39, 0.29) is 24.1 Å². The molecule has 3 heterocycles. The highest BCUT2D eigenvalue weighted by molar-refractivity contribution is 5.89. The van der Waals surface area contributed by atoms with Crippen molar-refractivity contribution in [2.45, 2.75) is 51.6 Å². The quantitative estimate of drug-likeness (QED) is 0.749. The molecule has 3 fully saturated rings. The molecule has 7 nitrogen and oxygen atoms in total. The highest BCUT2D eigenvalue weighted by atomic mass is 16.2. The lowest BCUT2D eigenvalue weighted by Gasteiger charge is -2.37. The summed E-state index contributed by atoms with van der Waals surface area (Å²) in [4.78, 5) is 43.5. The van der Waals surface area contributed by atoms with E-state index in [9.17, 15) is 14.4 Å². The molecule has 0 spiro atoms. The first-order chi connectivity index (χ1) is 15.0. The molecule has 3 aliphatic heterocycles. The van der Waals surface area contributed by atoms with Crippen molar-refractivity contribution in [2.24, 2.45) is 5.92 Å². The zero-order valence-electron chi connectivity index (χ0n) is 18.5. The van der Waals surface area contributed by atoms with E-state index in [0.717, 1.165) is 57.5 Å². The number of benzene rings is 1. The smallest absolute Gasteiger partial charge is 0.237 e. The van der Waals surface area contributed by atoms with Crippen LogP contribution in [-0.2, 0) is 20.9 Å². The van der Waals surface area contributed by atoms with Gasteiger partial charge in [0.1, 0.15) is 0 Å². The topological polar surface area (TPSA) is 73.0 Å². The van der Waals surface area contributed by atoms with Crippen LogP contribution in [0.15, 0.2) is 24.3 Å². The van der Waals surface area contributed by atoms with E-state index in [4.69, 9.17) is 0 Å². The van der Waals surface area contributed by atoms with Gasteiger partial charge < -0.3 is 15.1 Å². The van der Waals surface area contributed by atoms with Crippen molar-refractivity contribution in [1.82, 2.24) is 20.0 Å². The molecule has 3 saturated heterocycles. The molecule has 4 rings (SSSR count). The predicted octanol–water partition coefficient (Wildman–Crippen LogP) is 1.55. The minimum atomic E-state index is -0.414. The van der Waals surface area contributed by atoms with Crippen LogP contribution >= 0.6 is 0 Å². The molecule has 168 valence electrons. The zero-order valence-corrected chi connectivity index (χ0v) is 18.5. The molecule has 1 N–H and O–H groups in total. The van der Waals surface area contributed by atoms with Crippen molar-refractivity contribution in [2.75, 3.05) is 39.3 Å². The second kappa shape index (κ2) is 9.81. The number of amides is 3. The average molecular weight is 427 g/mol. The summed E-state index contributed by atoms with van der Waals surface area (Å²) < 4.78 is 0. The minimum absolute atomic E-state index is 0.0471. The van der Waals surface area contributed by atoms with E-state index in [2.05, 4.69) is 41.4 Å². The molecule has 0 radical (unpaired) electrons. The van der Waals surface area contributed by atoms with Crippen molar-refractivity contribution >= 4 is 17.7 Å². The number of carbonyl (C=O) groups excluding carboxylic acids is 3. The van der Waals surface area contributed by atoms with Crippen LogP contribution in [0.5, 0.6) is 0 Å². The van der Waals surface area contributed by atoms with Gasteiger partial charge in [-0.05, 0) is 37.7 Å². The third-order valence-electron chi connectivity index (χ3n) is 6.93. The minimum Gasteiger partial charge on any atom is -0.353 e. The zero-order chi connectivity index (χ0) is 21.8. The Hall–Kier alpha value is -2.41. The SMILES string of the molecule is Cc1ccc(CN2CCNC(=O)C2CC(=O)N2CCC(CN3CCCC3=O)CC2)cc1. The Morgan fingerprint density at radius 3 is 2.48 bits per heavy atom. The summed E-state index contributed by atoms with van der Waals surface area (Å²) in [6.07, 6.45) is 3.74. The monoisotopic (exact) mass is 426 g/mol. The summed E-state index contributed by atoms with van der Waals surface area (Å²) in [5.41, 5.74) is 2.37. The van der Waals surface area contributed by atoms with Crippen LogP contribution in [0.1, 0.15) is 43.2 Å². The fourth-order valence-electron chi connectivity index (χ4n) is 4.97. The lowest BCUT2D eigenvalue weighted by atomic mass is 9.95. The van der Waals surface area contributed by atoms with Gasteiger partial charge >= 0.3 is 0 Å². The fourth-order valence-corrected chi connectivity index (χ4v) is 4.97. The highest BCUT2D eigenvalue weighted by Gasteiger charge is 2.34. The standard InChI is InChI=1S/C24H34N4O3/c1-18-4-6-19(7-5-18)16-27-14-10-25-24(31)21(27)15-23(30)26-12-8-20(9-13-26)17-28-11-2-3-22(28)29/h4-7,20-21H,2-3,8-17H2,1H3,(H,25,31). The van der Waals surface area contributed by atoms with Crippen molar-refractivity contribution in [1.29, 1.82) is 0 Å². The number of likely N-dealkylation sites (tertiary alicyclic amines) is 2. The Bertz CT molecular complexity index is 802. The number of hydrogen-bond donors (Lipinski definition) is 1. The Labute approximate surface area is 184 Å². The van der Waals surface area contributed by atoms with E-state index in [1.54, 1.807) is 0 Å². The normalized spacial score (nSPS) is 23.3. The lowest BCUT2D eigenvalue weighted by molar-refractivity contribution is -0.140. The Morgan fingerprint density at radius 1 is 1.06 bits per heavy atom. The molecule has 7 heteroatoms. The molecule has 3 amide bonds. The van der Waals surface area contributed by atoms with Crippen molar-refractivity contribution < 1.29 is 14.4 Å². The molecule has 1 aromatic carbocycles. The molecule has 0 bridgehead atoms. The van der Waals surface area contributed by atoms with E-state index in [0.29, 0.717) is 25.4 Å². The van der Waals surface area contributed by atoms with Gasteiger partial charge in [0.05, 0.1) is 12.5 Å². The van der Waals surface area contributed by atoms with Crippen LogP contribution in [0, 0.1) is 12.8 Å². The van der Waals surface area contributed by atoms with Gasteiger partial charge in [0, 0.05) is 52.2 Å². The third-order valence-corrected chi connectivity index (χ3v) is 6.93. The molecular formula is C24H34N4O3. The summed E-state index contributed by atoms with van der Waals surface area (Å²) in [5, 5.41) is 2.93. The van der Waals surface area contributed by atoms with Gasteiger partial charge in [0.2, 0.25) is 17.7 Å². The first-order valence-electron chi connectivity index (χ1n) is 11.6. The first kappa shape index (κ1) is 21.8. The average Bonchev–Trinajstić information content (AvgIpc) is 3.17. The van der Waals surface area contributed by atoms with Crippen LogP contribution in [0.2, 0.25) is 0 Å². The summed E-state index contributed by atoms with van der Waals surface area (Å²) in [6, 6.07) is 7.94. The van der Waals surface area contributed by atoms with E-state index >= 15 is 0 Å². The Balaban J connectivity index is 1.30. The predicted molar refractivity (Wildman–Crippen MR) is 118 cm³/mol. The maximum absolute atomic E-state index is 13.0. The number of carbonyl (C=O) groups is 3. The molecule has 3 aliphatic rings. The van der Waals surface area contributed by atoms with E-state index in [1.165, 1.54) is 5.56 Å². The van der Waals surface area contributed by atoms with Crippen molar-refractivity contribution in [3.05, 3.63) is 35.4 Å². The number of piperidine rings is 1. The first-order valence-corrected chi connectivity index (χ1v) is 11.6. The second-order valence-corrected chi connectivity index (χ2v) is 9.23. The molecular weight excluding hydrogens is 392 g/mol. The van der Waals surface area contributed by atoms with Crippen molar-refractivity contribution in [3.8, 4) is 0 Å². The summed E-state index contributed by atoms with van der Waals surface area (Å²) in [6.45, 7) is 7.26. The number of hydrogen-bond acceptors (Lipinski definition) is 4. The molecule has 0 aliphatic carbocycles. The van der Waals surface area contributed by atoms with Crippen LogP contribution in [0.3, 0.4) is 0 Å². The molecule has 0 saturated carbocycles. The molecule has 1 unspecified atom stereocenters. The molecule has 1 atom stereocenters. The van der Waals surface area contributed by atoms with Crippen LogP contribution in [-0.4, -0.2) is 77.7 Å². The molecule has 1 aromatic rings. The van der Waals surface area contributed by atoms with Crippen LogP contribution < -0.4 is 5.32 Å². The third kappa shape index (κ3) is 5.45. The second-order valence-electron chi connectivity index (χ2n) is 9.23. The van der Waals surface area contributed by atoms with Gasteiger partial charge in [-0.1, -0.05) is 29.8 Å². The number of nitrogens with one attached hydrogen (secondary N) is 1. The molecule has 0 aromatic heterocycles. The summed E-state index contributed by atoms with van der Waals surface area (Å²) in [5.74, 6) is 0.762. The maximum atomic E-state index is 13.0. The number of nitrogens with zero attached hydrogens (tertiary/aromatic N) is 3. The number of aryl methyl sites for hydroxylation is 1. The van der Waals surface area contributed by atoms with Gasteiger partial charge in [-0.3, -0.25) is 19.3 Å². The highest BCUT2D eigenvalue weighted by Crippen LogP contribution is 2.23. The van der Waals surface area contributed by atoms with Gasteiger partial charge in [0.15, 0.2) is 0 Å². The van der Waals surface area contributed by atoms with E-state index < -0.39 is 6.04 Å². The Morgan fingerprint density at radius 2 is 1.81 bits per heavy atom. The van der Waals surface area contributed by atoms with Crippen LogP contribution in [0.4, 0.5) is 0 Å². The summed E-state index contributed by atoms with van der Waals surface area (Å²) >= 11 is 0. The fraction of sp³-hybridized carbons (Fsp3) is 0.625. The summed E-state index contributed by atoms with van der Waals surface area (Å²) in [7, 11) is 0. The van der Waals surface area contributed by atoms with Gasteiger partial charge in [-0.25, -0.2) is 0 Å². The van der Waals surface area contributed by atoms with Crippen LogP contribution in [0.25, 0.3) is 0 Å². The van der Waals surface area contributed by atoms with Gasteiger partial charge in [-0.2, -0.15) is 0 Å².